The van der Waals surface area contributed by atoms with Gasteiger partial charge < -0.3 is 4.42 Å². The molecule has 2 heterocycles. The second-order valence-corrected chi connectivity index (χ2v) is 10.1. The largest absolute Gasteiger partial charge is 0.454 e. The van der Waals surface area contributed by atoms with Crippen molar-refractivity contribution in [3.63, 3.8) is 0 Å². The molecule has 3 aromatic carbocycles. The van der Waals surface area contributed by atoms with Crippen LogP contribution in [-0.2, 0) is 10.0 Å². The Kier molecular flexibility index (Phi) is 5.38. The third kappa shape index (κ3) is 3.93. The lowest BCUT2D eigenvalue weighted by atomic mass is 10.1. The molecule has 0 bridgehead atoms. The SMILES string of the molecule is Cc1ccccc1S(=O)(=O)NC(=O)c1ccc2oc(-c3ccc4ccc(Cl)cc4n3)c(C)c2c1. The molecule has 0 aliphatic carbocycles. The van der Waals surface area contributed by atoms with Gasteiger partial charge in [0.15, 0.2) is 5.76 Å². The van der Waals surface area contributed by atoms with Crippen LogP contribution in [0.3, 0.4) is 0 Å². The molecule has 1 amide bonds. The highest BCUT2D eigenvalue weighted by Crippen LogP contribution is 2.34. The topological polar surface area (TPSA) is 89.3 Å². The van der Waals surface area contributed by atoms with Crippen LogP contribution in [0.2, 0.25) is 5.02 Å². The fourth-order valence-corrected chi connectivity index (χ4v) is 5.31. The molecule has 0 aliphatic heterocycles. The Labute approximate surface area is 201 Å². The normalized spacial score (nSPS) is 11.7. The third-order valence-electron chi connectivity index (χ3n) is 5.70. The minimum atomic E-state index is -4.01. The number of hydrogen-bond acceptors (Lipinski definition) is 5. The maximum absolute atomic E-state index is 12.8. The number of rotatable bonds is 4. The van der Waals surface area contributed by atoms with Gasteiger partial charge in [-0.3, -0.25) is 4.79 Å². The van der Waals surface area contributed by atoms with Crippen molar-refractivity contribution < 1.29 is 17.6 Å². The number of aromatic nitrogens is 1. The predicted molar refractivity (Wildman–Crippen MR) is 133 cm³/mol. The molecule has 0 unspecified atom stereocenters. The van der Waals surface area contributed by atoms with Gasteiger partial charge in [0, 0.05) is 26.9 Å². The van der Waals surface area contributed by atoms with Crippen LogP contribution in [0.1, 0.15) is 21.5 Å². The van der Waals surface area contributed by atoms with Crippen molar-refractivity contribution in [2.45, 2.75) is 18.7 Å². The summed E-state index contributed by atoms with van der Waals surface area (Å²) in [6.07, 6.45) is 0. The van der Waals surface area contributed by atoms with Gasteiger partial charge in [0.1, 0.15) is 11.3 Å². The quantitative estimate of drug-likeness (QED) is 0.332. The monoisotopic (exact) mass is 490 g/mol. The molecule has 1 N–H and O–H groups in total. The summed E-state index contributed by atoms with van der Waals surface area (Å²) in [6.45, 7) is 3.55. The van der Waals surface area contributed by atoms with Crippen molar-refractivity contribution >= 4 is 49.4 Å². The van der Waals surface area contributed by atoms with E-state index in [2.05, 4.69) is 9.71 Å². The van der Waals surface area contributed by atoms with E-state index in [4.69, 9.17) is 16.0 Å². The lowest BCUT2D eigenvalue weighted by Gasteiger charge is -2.09. The molecule has 5 aromatic rings. The Hall–Kier alpha value is -3.68. The Morgan fingerprint density at radius 2 is 1.74 bits per heavy atom. The van der Waals surface area contributed by atoms with Gasteiger partial charge in [-0.15, -0.1) is 0 Å². The molecule has 34 heavy (non-hydrogen) atoms. The number of nitrogens with one attached hydrogen (secondary N) is 1. The molecule has 0 saturated carbocycles. The summed E-state index contributed by atoms with van der Waals surface area (Å²) in [7, 11) is -4.01. The Morgan fingerprint density at radius 3 is 2.53 bits per heavy atom. The number of carbonyl (C=O) groups excluding carboxylic acids is 1. The second-order valence-electron chi connectivity index (χ2n) is 8.00. The van der Waals surface area contributed by atoms with Gasteiger partial charge in [0.25, 0.3) is 15.9 Å². The van der Waals surface area contributed by atoms with Crippen LogP contribution in [0.4, 0.5) is 0 Å². The summed E-state index contributed by atoms with van der Waals surface area (Å²) in [5.41, 5.74) is 3.50. The molecule has 0 saturated heterocycles. The zero-order chi connectivity index (χ0) is 24.0. The minimum absolute atomic E-state index is 0.0636. The molecule has 5 rings (SSSR count). The van der Waals surface area contributed by atoms with Gasteiger partial charge in [-0.25, -0.2) is 18.1 Å². The number of pyridine rings is 1. The van der Waals surface area contributed by atoms with E-state index in [-0.39, 0.29) is 10.5 Å². The minimum Gasteiger partial charge on any atom is -0.454 e. The summed E-state index contributed by atoms with van der Waals surface area (Å²) < 4.78 is 33.6. The number of aryl methyl sites for hydroxylation is 2. The van der Waals surface area contributed by atoms with Crippen molar-refractivity contribution in [2.75, 3.05) is 0 Å². The molecule has 6 nitrogen and oxygen atoms in total. The van der Waals surface area contributed by atoms with Crippen LogP contribution in [0.5, 0.6) is 0 Å². The molecule has 0 aliphatic rings. The first-order chi connectivity index (χ1) is 16.2. The van der Waals surface area contributed by atoms with Crippen LogP contribution in [0, 0.1) is 13.8 Å². The lowest BCUT2D eigenvalue weighted by molar-refractivity contribution is 0.0981. The molecule has 0 fully saturated rings. The molecular weight excluding hydrogens is 472 g/mol. The second kappa shape index (κ2) is 8.27. The van der Waals surface area contributed by atoms with E-state index in [1.54, 1.807) is 43.3 Å². The van der Waals surface area contributed by atoms with Gasteiger partial charge in [-0.2, -0.15) is 0 Å². The average Bonchev–Trinajstić information content (AvgIpc) is 3.14. The molecule has 8 heteroatoms. The standard InChI is InChI=1S/C26H19ClN2O4S/c1-15-5-3-4-6-24(15)34(31,32)29-26(30)18-9-12-23-20(13-18)16(2)25(33-23)21-11-8-17-7-10-19(27)14-22(17)28-21/h3-14H,1-2H3,(H,29,30). The number of hydrogen-bond donors (Lipinski definition) is 1. The molecule has 0 radical (unpaired) electrons. The molecule has 170 valence electrons. The first-order valence-electron chi connectivity index (χ1n) is 10.5. The van der Waals surface area contributed by atoms with Crippen molar-refractivity contribution in [2.24, 2.45) is 0 Å². The first kappa shape index (κ1) is 22.1. The van der Waals surface area contributed by atoms with E-state index in [0.29, 0.717) is 33.0 Å². The smallest absolute Gasteiger partial charge is 0.265 e. The number of benzene rings is 3. The highest BCUT2D eigenvalue weighted by atomic mass is 35.5. The maximum Gasteiger partial charge on any atom is 0.265 e. The summed E-state index contributed by atoms with van der Waals surface area (Å²) in [5.74, 6) is -0.146. The van der Waals surface area contributed by atoms with Crippen LogP contribution >= 0.6 is 11.6 Å². The number of sulfonamides is 1. The van der Waals surface area contributed by atoms with E-state index < -0.39 is 15.9 Å². The van der Waals surface area contributed by atoms with Crippen molar-refractivity contribution in [3.05, 3.63) is 94.5 Å². The Bertz CT molecular complexity index is 1710. The van der Waals surface area contributed by atoms with E-state index >= 15 is 0 Å². The van der Waals surface area contributed by atoms with Crippen molar-refractivity contribution in [1.29, 1.82) is 0 Å². The zero-order valence-corrected chi connectivity index (χ0v) is 19.9. The number of halogens is 1. The summed E-state index contributed by atoms with van der Waals surface area (Å²) in [5, 5.41) is 2.24. The molecule has 0 atom stereocenters. The van der Waals surface area contributed by atoms with Crippen LogP contribution in [0.15, 0.2) is 82.1 Å². The number of carbonyl (C=O) groups is 1. The van der Waals surface area contributed by atoms with Crippen LogP contribution in [-0.4, -0.2) is 19.3 Å². The Balaban J connectivity index is 1.50. The molecular formula is C26H19ClN2O4S. The first-order valence-corrected chi connectivity index (χ1v) is 12.3. The fourth-order valence-electron chi connectivity index (χ4n) is 3.92. The van der Waals surface area contributed by atoms with Crippen molar-refractivity contribution in [1.82, 2.24) is 9.71 Å². The van der Waals surface area contributed by atoms with Crippen LogP contribution < -0.4 is 4.72 Å². The molecule has 2 aromatic heterocycles. The number of nitrogens with zero attached hydrogens (tertiary/aromatic N) is 1. The van der Waals surface area contributed by atoms with E-state index in [1.807, 2.05) is 31.2 Å². The van der Waals surface area contributed by atoms with Gasteiger partial charge >= 0.3 is 0 Å². The van der Waals surface area contributed by atoms with Gasteiger partial charge in [0.2, 0.25) is 0 Å². The molecule has 0 spiro atoms. The van der Waals surface area contributed by atoms with Gasteiger partial charge in [-0.05, 0) is 61.9 Å². The average molecular weight is 491 g/mol. The number of furan rings is 1. The third-order valence-corrected chi connectivity index (χ3v) is 7.42. The maximum atomic E-state index is 12.8. The number of amides is 1. The number of fused-ring (bicyclic) bond motifs is 2. The van der Waals surface area contributed by atoms with E-state index in [9.17, 15) is 13.2 Å². The van der Waals surface area contributed by atoms with Gasteiger partial charge in [0.05, 0.1) is 10.4 Å². The lowest BCUT2D eigenvalue weighted by Crippen LogP contribution is -2.31. The van der Waals surface area contributed by atoms with E-state index in [0.717, 1.165) is 16.5 Å². The predicted octanol–water partition coefficient (Wildman–Crippen LogP) is 6.04. The Morgan fingerprint density at radius 1 is 0.971 bits per heavy atom. The summed E-state index contributed by atoms with van der Waals surface area (Å²) in [6, 6.07) is 20.6. The highest BCUT2D eigenvalue weighted by molar-refractivity contribution is 7.90. The summed E-state index contributed by atoms with van der Waals surface area (Å²) >= 11 is 6.11. The van der Waals surface area contributed by atoms with Crippen molar-refractivity contribution in [3.8, 4) is 11.5 Å². The van der Waals surface area contributed by atoms with Gasteiger partial charge in [-0.1, -0.05) is 41.9 Å². The highest BCUT2D eigenvalue weighted by Gasteiger charge is 2.22. The fraction of sp³-hybridized carbons (Fsp3) is 0.0769. The van der Waals surface area contributed by atoms with Crippen LogP contribution in [0.25, 0.3) is 33.3 Å². The zero-order valence-electron chi connectivity index (χ0n) is 18.3. The summed E-state index contributed by atoms with van der Waals surface area (Å²) in [4.78, 5) is 17.5. The van der Waals surface area contributed by atoms with E-state index in [1.165, 1.54) is 12.1 Å².